The molecule has 0 aliphatic carbocycles. The average Bonchev–Trinajstić information content (AvgIpc) is 3.48. The van der Waals surface area contributed by atoms with Crippen molar-refractivity contribution in [2.24, 2.45) is 5.92 Å². The highest BCUT2D eigenvalue weighted by molar-refractivity contribution is 14.1. The smallest absolute Gasteiger partial charge is 0.264 e. The van der Waals surface area contributed by atoms with Crippen molar-refractivity contribution in [3.05, 3.63) is 73.5 Å². The summed E-state index contributed by atoms with van der Waals surface area (Å²) in [6, 6.07) is 14.1. The van der Waals surface area contributed by atoms with Gasteiger partial charge in [0.1, 0.15) is 0 Å². The van der Waals surface area contributed by atoms with Crippen LogP contribution in [0.2, 0.25) is 18.6 Å². The Labute approximate surface area is 245 Å². The fraction of sp³-hybridized carbons (Fsp3) is 0.444. The molecule has 5 rings (SSSR count). The minimum Gasteiger partial charge on any atom is -0.432 e. The molecule has 2 aliphatic heterocycles. The number of nitrogens with zero attached hydrogens (tertiary/aromatic N) is 4. The SMILES string of the molecule is C[C@H]1[C@H]([Si](C)(C)O)[C@@H](CCn2cc(CCO)nn2)O[C@]12C(=O)N(Cc1cccc(I)c1)c1ccc(Br)cc12. The van der Waals surface area contributed by atoms with Crippen LogP contribution in [-0.4, -0.2) is 51.8 Å². The number of anilines is 1. The zero-order valence-electron chi connectivity index (χ0n) is 21.6. The Morgan fingerprint density at radius 1 is 1.24 bits per heavy atom. The van der Waals surface area contributed by atoms with E-state index in [0.717, 1.165) is 30.6 Å². The maximum Gasteiger partial charge on any atom is 0.264 e. The number of ether oxygens (including phenoxy) is 1. The van der Waals surface area contributed by atoms with E-state index >= 15 is 0 Å². The third kappa shape index (κ3) is 5.01. The van der Waals surface area contributed by atoms with E-state index in [1.165, 1.54) is 0 Å². The summed E-state index contributed by atoms with van der Waals surface area (Å²) in [7, 11) is -2.74. The molecule has 0 unspecified atom stereocenters. The lowest BCUT2D eigenvalue weighted by molar-refractivity contribution is -0.146. The first-order chi connectivity index (χ1) is 18.0. The van der Waals surface area contributed by atoms with Gasteiger partial charge in [0.15, 0.2) is 13.9 Å². The lowest BCUT2D eigenvalue weighted by Crippen LogP contribution is -2.46. The van der Waals surface area contributed by atoms with Crippen molar-refractivity contribution in [2.45, 2.75) is 63.2 Å². The lowest BCUT2D eigenvalue weighted by Gasteiger charge is -2.32. The molecule has 8 nitrogen and oxygen atoms in total. The van der Waals surface area contributed by atoms with Crippen LogP contribution in [0.1, 0.15) is 30.2 Å². The van der Waals surface area contributed by atoms with Crippen molar-refractivity contribution in [3.8, 4) is 0 Å². The average molecular weight is 711 g/mol. The number of aliphatic hydroxyl groups is 1. The third-order valence-corrected chi connectivity index (χ3v) is 11.4. The van der Waals surface area contributed by atoms with Crippen molar-refractivity contribution in [3.63, 3.8) is 0 Å². The van der Waals surface area contributed by atoms with Gasteiger partial charge >= 0.3 is 0 Å². The van der Waals surface area contributed by atoms with Crippen LogP contribution in [-0.2, 0) is 34.6 Å². The molecule has 2 aliphatic rings. The minimum atomic E-state index is -2.74. The number of fused-ring (bicyclic) bond motifs is 2. The number of aryl methyl sites for hydroxylation is 1. The van der Waals surface area contributed by atoms with Gasteiger partial charge in [-0.25, -0.2) is 0 Å². The number of rotatable bonds is 8. The molecule has 2 N–H and O–H groups in total. The number of halogens is 2. The van der Waals surface area contributed by atoms with Gasteiger partial charge in [0, 0.05) is 50.8 Å². The molecule has 1 amide bonds. The van der Waals surface area contributed by atoms with Crippen LogP contribution in [0, 0.1) is 9.49 Å². The summed E-state index contributed by atoms with van der Waals surface area (Å²) in [4.78, 5) is 27.7. The second-order valence-electron chi connectivity index (χ2n) is 10.8. The Morgan fingerprint density at radius 3 is 2.74 bits per heavy atom. The van der Waals surface area contributed by atoms with Gasteiger partial charge in [-0.1, -0.05) is 40.2 Å². The maximum atomic E-state index is 14.4. The summed E-state index contributed by atoms with van der Waals surface area (Å²) < 4.78 is 10.6. The topological polar surface area (TPSA) is 101 Å². The first-order valence-electron chi connectivity index (χ1n) is 12.8. The van der Waals surface area contributed by atoms with Crippen LogP contribution in [0.3, 0.4) is 0 Å². The van der Waals surface area contributed by atoms with E-state index in [9.17, 15) is 14.7 Å². The van der Waals surface area contributed by atoms with Crippen LogP contribution >= 0.6 is 38.5 Å². The molecular formula is C27H32BrIN4O4Si. The molecule has 0 radical (unpaired) electrons. The van der Waals surface area contributed by atoms with E-state index in [1.54, 1.807) is 4.68 Å². The van der Waals surface area contributed by atoms with Crippen molar-refractivity contribution < 1.29 is 19.4 Å². The Kier molecular flexibility index (Phi) is 7.88. The predicted molar refractivity (Wildman–Crippen MR) is 159 cm³/mol. The molecule has 4 atom stereocenters. The highest BCUT2D eigenvalue weighted by Gasteiger charge is 2.66. The van der Waals surface area contributed by atoms with Crippen molar-refractivity contribution in [1.82, 2.24) is 15.0 Å². The van der Waals surface area contributed by atoms with E-state index in [0.29, 0.717) is 25.9 Å². The quantitative estimate of drug-likeness (QED) is 0.262. The zero-order chi connectivity index (χ0) is 27.2. The van der Waals surface area contributed by atoms with E-state index < -0.39 is 13.9 Å². The molecule has 1 saturated heterocycles. The van der Waals surface area contributed by atoms with Gasteiger partial charge in [-0.2, -0.15) is 0 Å². The van der Waals surface area contributed by atoms with Gasteiger partial charge in [0.2, 0.25) is 0 Å². The summed E-state index contributed by atoms with van der Waals surface area (Å²) in [6.45, 7) is 6.93. The minimum absolute atomic E-state index is 0.0204. The molecule has 0 saturated carbocycles. The van der Waals surface area contributed by atoms with E-state index in [1.807, 2.05) is 60.6 Å². The fourth-order valence-electron chi connectivity index (χ4n) is 6.23. The Hall–Kier alpha value is -1.64. The fourth-order valence-corrected chi connectivity index (χ4v) is 9.80. The number of aliphatic hydroxyl groups excluding tert-OH is 1. The zero-order valence-corrected chi connectivity index (χ0v) is 26.4. The highest BCUT2D eigenvalue weighted by Crippen LogP contribution is 2.60. The maximum absolute atomic E-state index is 14.4. The van der Waals surface area contributed by atoms with E-state index in [-0.39, 0.29) is 30.1 Å². The number of benzene rings is 2. The first-order valence-corrected chi connectivity index (χ1v) is 17.7. The van der Waals surface area contributed by atoms with Crippen LogP contribution in [0.15, 0.2) is 53.1 Å². The van der Waals surface area contributed by atoms with Gasteiger partial charge in [-0.15, -0.1) is 5.10 Å². The first kappa shape index (κ1) is 27.9. The van der Waals surface area contributed by atoms with Crippen LogP contribution in [0.4, 0.5) is 5.69 Å². The molecule has 3 heterocycles. The molecular weight excluding hydrogens is 679 g/mol. The number of carbonyl (C=O) groups is 1. The van der Waals surface area contributed by atoms with Gasteiger partial charge in [0.05, 0.1) is 24.0 Å². The second kappa shape index (κ2) is 10.7. The number of aromatic nitrogens is 3. The van der Waals surface area contributed by atoms with Crippen LogP contribution in [0.25, 0.3) is 0 Å². The Balaban J connectivity index is 1.51. The number of amides is 1. The summed E-state index contributed by atoms with van der Waals surface area (Å²) in [5.74, 6) is -0.296. The van der Waals surface area contributed by atoms with Crippen molar-refractivity contribution in [2.75, 3.05) is 11.5 Å². The molecule has 1 spiro atoms. The number of carbonyl (C=O) groups excluding carboxylic acids is 1. The predicted octanol–water partition coefficient (Wildman–Crippen LogP) is 4.61. The molecule has 0 bridgehead atoms. The molecule has 202 valence electrons. The summed E-state index contributed by atoms with van der Waals surface area (Å²) in [5.41, 5.74) is 2.16. The van der Waals surface area contributed by atoms with E-state index in [4.69, 9.17) is 4.74 Å². The van der Waals surface area contributed by atoms with Crippen LogP contribution in [0.5, 0.6) is 0 Å². The highest BCUT2D eigenvalue weighted by atomic mass is 127. The third-order valence-electron chi connectivity index (χ3n) is 7.77. The molecule has 1 fully saturated rings. The summed E-state index contributed by atoms with van der Waals surface area (Å²) in [6.07, 6.45) is 2.55. The standard InChI is InChI=1S/C27H32BrIN4O4Si/c1-17-25(38(2,3)36)24(9-11-32-16-21(10-12-34)30-31-32)37-27(17)22-14-19(28)7-8-23(22)33(26(27)35)15-18-5-4-6-20(29)13-18/h4-8,13-14,16-17,24-25,34,36H,9-12,15H2,1-3H3/t17-,24+,25-,27+/m0/s1. The number of hydrogen-bond acceptors (Lipinski definition) is 6. The van der Waals surface area contributed by atoms with Crippen LogP contribution < -0.4 is 4.90 Å². The van der Waals surface area contributed by atoms with Gasteiger partial charge in [0.25, 0.3) is 5.91 Å². The Bertz CT molecular complexity index is 1350. The van der Waals surface area contributed by atoms with E-state index in [2.05, 4.69) is 61.8 Å². The van der Waals surface area contributed by atoms with Gasteiger partial charge in [-0.05, 0) is 78.0 Å². The van der Waals surface area contributed by atoms with Gasteiger partial charge in [-0.3, -0.25) is 9.48 Å². The molecule has 11 heteroatoms. The monoisotopic (exact) mass is 710 g/mol. The number of hydrogen-bond donors (Lipinski definition) is 2. The molecule has 1 aromatic heterocycles. The second-order valence-corrected chi connectivity index (χ2v) is 16.9. The summed E-state index contributed by atoms with van der Waals surface area (Å²) >= 11 is 5.90. The molecule has 2 aromatic carbocycles. The largest absolute Gasteiger partial charge is 0.432 e. The molecule has 3 aromatic rings. The molecule has 38 heavy (non-hydrogen) atoms. The summed E-state index contributed by atoms with van der Waals surface area (Å²) in [5, 5.41) is 17.5. The van der Waals surface area contributed by atoms with Gasteiger partial charge < -0.3 is 19.5 Å². The lowest BCUT2D eigenvalue weighted by atomic mass is 9.82. The normalized spacial score (nSPS) is 25.0. The van der Waals surface area contributed by atoms with Crippen molar-refractivity contribution >= 4 is 58.4 Å². The van der Waals surface area contributed by atoms with Crippen molar-refractivity contribution in [1.29, 1.82) is 0 Å². The Morgan fingerprint density at radius 2 is 2.03 bits per heavy atom.